The Morgan fingerprint density at radius 2 is 1.85 bits per heavy atom. The van der Waals surface area contributed by atoms with Crippen LogP contribution in [0, 0.1) is 0 Å². The van der Waals surface area contributed by atoms with Gasteiger partial charge in [0.15, 0.2) is 0 Å². The van der Waals surface area contributed by atoms with Gasteiger partial charge in [0.1, 0.15) is 11.5 Å². The third kappa shape index (κ3) is 5.98. The first-order valence-electron chi connectivity index (χ1n) is 8.81. The van der Waals surface area contributed by atoms with Gasteiger partial charge in [-0.05, 0) is 49.6 Å². The molecule has 27 heavy (non-hydrogen) atoms. The zero-order chi connectivity index (χ0) is 18.4. The van der Waals surface area contributed by atoms with E-state index in [-0.39, 0.29) is 18.0 Å². The van der Waals surface area contributed by atoms with Crippen LogP contribution in [0.3, 0.4) is 0 Å². The fourth-order valence-electron chi connectivity index (χ4n) is 2.84. The Labute approximate surface area is 165 Å². The maximum atomic E-state index is 11.1. The normalized spacial score (nSPS) is 11.6. The largest absolute Gasteiger partial charge is 1.00 e. The van der Waals surface area contributed by atoms with Crippen molar-refractivity contribution in [3.05, 3.63) is 83.6 Å². The predicted octanol–water partition coefficient (Wildman–Crippen LogP) is 1.76. The van der Waals surface area contributed by atoms with Gasteiger partial charge in [0.25, 0.3) is 0 Å². The van der Waals surface area contributed by atoms with Crippen molar-refractivity contribution < 1.29 is 26.7 Å². The molecular weight excluding hydrogens is 362 g/mol. The van der Waals surface area contributed by atoms with E-state index >= 15 is 0 Å². The van der Waals surface area contributed by atoms with Crippen molar-refractivity contribution in [1.82, 2.24) is 5.32 Å². The zero-order valence-corrected chi connectivity index (χ0v) is 15.9. The van der Waals surface area contributed by atoms with E-state index in [1.807, 2.05) is 24.3 Å². The van der Waals surface area contributed by atoms with Gasteiger partial charge in [-0.15, -0.1) is 0 Å². The fourth-order valence-corrected chi connectivity index (χ4v) is 2.84. The first-order valence-corrected chi connectivity index (χ1v) is 8.81. The molecule has 1 unspecified atom stereocenters. The van der Waals surface area contributed by atoms with Gasteiger partial charge in [-0.3, -0.25) is 0 Å². The van der Waals surface area contributed by atoms with Gasteiger partial charge in [-0.1, -0.05) is 42.5 Å². The molecule has 0 aliphatic heterocycles. The van der Waals surface area contributed by atoms with Crippen molar-refractivity contribution in [1.29, 1.82) is 0 Å². The monoisotopic (exact) mass is 384 g/mol. The highest BCUT2D eigenvalue weighted by atomic mass is 35.5. The second-order valence-electron chi connectivity index (χ2n) is 6.46. The molecular formula is C22H23ClNO3-. The lowest BCUT2D eigenvalue weighted by molar-refractivity contribution is -0.0000214. The highest BCUT2D eigenvalue weighted by Gasteiger charge is 2.09. The summed E-state index contributed by atoms with van der Waals surface area (Å²) >= 11 is 0. The third-order valence-electron chi connectivity index (χ3n) is 4.39. The molecule has 0 aliphatic rings. The molecule has 3 rings (SSSR count). The van der Waals surface area contributed by atoms with Gasteiger partial charge in [0.05, 0.1) is 12.1 Å². The lowest BCUT2D eigenvalue weighted by atomic mass is 10.1. The van der Waals surface area contributed by atoms with Crippen LogP contribution >= 0.6 is 0 Å². The summed E-state index contributed by atoms with van der Waals surface area (Å²) in [5.41, 5.74) is 2.38. The molecule has 0 fully saturated rings. The van der Waals surface area contributed by atoms with Crippen LogP contribution in [-0.4, -0.2) is 17.1 Å². The minimum atomic E-state index is -0.937. The molecule has 5 heteroatoms. The van der Waals surface area contributed by atoms with E-state index in [0.717, 1.165) is 24.2 Å². The standard InChI is InChI=1S/C22H23NO3.ClH/c1-16(10-11-17-6-3-2-4-7-17)23-15-20-12-13-21(26-20)18-8-5-9-19(14-18)22(24)25;/h2-9,12-14,16,23H,10-11,15H2,1H3,(H,24,25);1H/p-1. The van der Waals surface area contributed by atoms with Gasteiger partial charge >= 0.3 is 5.97 Å². The first kappa shape index (κ1) is 20.7. The molecule has 0 amide bonds. The Kier molecular flexibility index (Phi) is 7.65. The molecule has 0 saturated heterocycles. The number of hydrogen-bond acceptors (Lipinski definition) is 3. The van der Waals surface area contributed by atoms with E-state index in [1.165, 1.54) is 5.56 Å². The molecule has 0 aliphatic carbocycles. The molecule has 2 aromatic carbocycles. The average Bonchev–Trinajstić information content (AvgIpc) is 3.15. The summed E-state index contributed by atoms with van der Waals surface area (Å²) in [6, 6.07) is 21.4. The number of nitrogens with one attached hydrogen (secondary N) is 1. The number of aromatic carboxylic acids is 1. The van der Waals surface area contributed by atoms with Gasteiger partial charge < -0.3 is 27.2 Å². The Morgan fingerprint density at radius 3 is 2.59 bits per heavy atom. The van der Waals surface area contributed by atoms with Crippen molar-refractivity contribution in [3.8, 4) is 11.3 Å². The zero-order valence-electron chi connectivity index (χ0n) is 15.2. The Hall–Kier alpha value is -2.56. The Balaban J connectivity index is 0.00000261. The molecule has 4 nitrogen and oxygen atoms in total. The van der Waals surface area contributed by atoms with Crippen molar-refractivity contribution in [3.63, 3.8) is 0 Å². The average molecular weight is 385 g/mol. The highest BCUT2D eigenvalue weighted by Crippen LogP contribution is 2.23. The summed E-state index contributed by atoms with van der Waals surface area (Å²) in [7, 11) is 0. The number of halogens is 1. The summed E-state index contributed by atoms with van der Waals surface area (Å²) in [4.78, 5) is 11.1. The molecule has 3 aromatic rings. The first-order chi connectivity index (χ1) is 12.6. The van der Waals surface area contributed by atoms with E-state index < -0.39 is 5.97 Å². The number of aryl methyl sites for hydroxylation is 1. The summed E-state index contributed by atoms with van der Waals surface area (Å²) in [5, 5.41) is 12.6. The van der Waals surface area contributed by atoms with E-state index in [9.17, 15) is 4.79 Å². The van der Waals surface area contributed by atoms with Gasteiger partial charge in [-0.25, -0.2) is 4.79 Å². The van der Waals surface area contributed by atoms with Crippen LogP contribution in [0.1, 0.15) is 35.0 Å². The minimum Gasteiger partial charge on any atom is -1.00 e. The van der Waals surface area contributed by atoms with Crippen LogP contribution in [0.25, 0.3) is 11.3 Å². The van der Waals surface area contributed by atoms with Crippen LogP contribution in [0.15, 0.2) is 71.1 Å². The summed E-state index contributed by atoms with van der Waals surface area (Å²) in [6.45, 7) is 2.82. The van der Waals surface area contributed by atoms with Crippen LogP contribution in [0.5, 0.6) is 0 Å². The Morgan fingerprint density at radius 1 is 1.07 bits per heavy atom. The predicted molar refractivity (Wildman–Crippen MR) is 102 cm³/mol. The lowest BCUT2D eigenvalue weighted by Gasteiger charge is -2.12. The molecule has 0 radical (unpaired) electrons. The lowest BCUT2D eigenvalue weighted by Crippen LogP contribution is -3.00. The maximum Gasteiger partial charge on any atom is 0.335 e. The Bertz CT molecular complexity index is 861. The van der Waals surface area contributed by atoms with Gasteiger partial charge in [-0.2, -0.15) is 0 Å². The highest BCUT2D eigenvalue weighted by molar-refractivity contribution is 5.89. The molecule has 2 N–H and O–H groups in total. The van der Waals surface area contributed by atoms with Crippen LogP contribution < -0.4 is 17.7 Å². The molecule has 0 bridgehead atoms. The number of furan rings is 1. The molecule has 1 aromatic heterocycles. The summed E-state index contributed by atoms with van der Waals surface area (Å²) in [6.07, 6.45) is 2.10. The molecule has 1 atom stereocenters. The second-order valence-corrected chi connectivity index (χ2v) is 6.46. The number of carboxylic acids is 1. The number of carboxylic acid groups (broad SMARTS) is 1. The minimum absolute atomic E-state index is 0. The quantitative estimate of drug-likeness (QED) is 0.621. The third-order valence-corrected chi connectivity index (χ3v) is 4.39. The summed E-state index contributed by atoms with van der Waals surface area (Å²) in [5.74, 6) is 0.585. The SMILES string of the molecule is CC(CCc1ccccc1)NCc1ccc(-c2cccc(C(=O)O)c2)o1.[Cl-]. The van der Waals surface area contributed by atoms with Crippen molar-refractivity contribution >= 4 is 5.97 Å². The number of benzene rings is 2. The van der Waals surface area contributed by atoms with E-state index in [4.69, 9.17) is 9.52 Å². The number of hydrogen-bond donors (Lipinski definition) is 2. The van der Waals surface area contributed by atoms with Crippen LogP contribution in [0.4, 0.5) is 0 Å². The van der Waals surface area contributed by atoms with Crippen molar-refractivity contribution in [2.45, 2.75) is 32.4 Å². The van der Waals surface area contributed by atoms with Gasteiger partial charge in [0.2, 0.25) is 0 Å². The smallest absolute Gasteiger partial charge is 0.335 e. The summed E-state index contributed by atoms with van der Waals surface area (Å²) < 4.78 is 5.86. The van der Waals surface area contributed by atoms with Crippen LogP contribution in [-0.2, 0) is 13.0 Å². The second kappa shape index (κ2) is 9.95. The van der Waals surface area contributed by atoms with E-state index in [0.29, 0.717) is 18.3 Å². The molecule has 0 spiro atoms. The van der Waals surface area contributed by atoms with Crippen molar-refractivity contribution in [2.75, 3.05) is 0 Å². The van der Waals surface area contributed by atoms with E-state index in [1.54, 1.807) is 18.2 Å². The number of rotatable bonds is 8. The van der Waals surface area contributed by atoms with Crippen LogP contribution in [0.2, 0.25) is 0 Å². The fraction of sp³-hybridized carbons (Fsp3) is 0.227. The maximum absolute atomic E-state index is 11.1. The van der Waals surface area contributed by atoms with Gasteiger partial charge in [0, 0.05) is 11.6 Å². The molecule has 0 saturated carbocycles. The number of carbonyl (C=O) groups is 1. The van der Waals surface area contributed by atoms with E-state index in [2.05, 4.69) is 36.5 Å². The topological polar surface area (TPSA) is 62.5 Å². The molecule has 142 valence electrons. The molecule has 1 heterocycles. The van der Waals surface area contributed by atoms with Crippen molar-refractivity contribution in [2.24, 2.45) is 0 Å².